The maximum atomic E-state index is 5.78. The number of nitrogens with two attached hydrogens (primary N) is 1. The highest BCUT2D eigenvalue weighted by atomic mass is 16.5. The van der Waals surface area contributed by atoms with E-state index in [2.05, 4.69) is 16.9 Å². The van der Waals surface area contributed by atoms with Gasteiger partial charge in [0.15, 0.2) is 5.82 Å². The molecule has 0 saturated heterocycles. The summed E-state index contributed by atoms with van der Waals surface area (Å²) in [6.45, 7) is 6.72. The second kappa shape index (κ2) is 6.78. The van der Waals surface area contributed by atoms with Gasteiger partial charge >= 0.3 is 0 Å². The van der Waals surface area contributed by atoms with Crippen LogP contribution in [0.2, 0.25) is 0 Å². The zero-order chi connectivity index (χ0) is 15.4. The normalized spacial score (nSPS) is 14.0. The van der Waals surface area contributed by atoms with Gasteiger partial charge in [-0.1, -0.05) is 37.3 Å². The van der Waals surface area contributed by atoms with E-state index in [-0.39, 0.29) is 12.0 Å². The Hall–Kier alpha value is -1.78. The first-order valence-electron chi connectivity index (χ1n) is 7.21. The summed E-state index contributed by atoms with van der Waals surface area (Å²) < 4.78 is 5.61. The number of nitrogens with zero attached hydrogens (tertiary/aromatic N) is 2. The Morgan fingerprint density at radius 3 is 2.14 bits per heavy atom. The fourth-order valence-corrected chi connectivity index (χ4v) is 2.72. The molecule has 0 aliphatic carbocycles. The molecular formula is C17H23N3O. The van der Waals surface area contributed by atoms with Gasteiger partial charge in [-0.05, 0) is 37.4 Å². The lowest BCUT2D eigenvalue weighted by atomic mass is 9.98. The first-order chi connectivity index (χ1) is 10.1. The lowest BCUT2D eigenvalue weighted by Crippen LogP contribution is -2.17. The maximum absolute atomic E-state index is 5.78. The van der Waals surface area contributed by atoms with Crippen molar-refractivity contribution in [1.29, 1.82) is 0 Å². The van der Waals surface area contributed by atoms with E-state index in [1.165, 1.54) is 0 Å². The second-order valence-electron chi connectivity index (χ2n) is 5.33. The topological polar surface area (TPSA) is 61.0 Å². The Balaban J connectivity index is 2.45. The monoisotopic (exact) mass is 285 g/mol. The van der Waals surface area contributed by atoms with Crippen LogP contribution in [0.3, 0.4) is 0 Å². The van der Waals surface area contributed by atoms with Gasteiger partial charge in [0.1, 0.15) is 6.10 Å². The zero-order valence-corrected chi connectivity index (χ0v) is 13.1. The van der Waals surface area contributed by atoms with Gasteiger partial charge in [0.25, 0.3) is 0 Å². The highest BCUT2D eigenvalue weighted by molar-refractivity contribution is 5.31. The van der Waals surface area contributed by atoms with Crippen molar-refractivity contribution in [2.75, 3.05) is 13.7 Å². The van der Waals surface area contributed by atoms with Crippen molar-refractivity contribution >= 4 is 0 Å². The van der Waals surface area contributed by atoms with Gasteiger partial charge in [-0.25, -0.2) is 9.97 Å². The van der Waals surface area contributed by atoms with Crippen molar-refractivity contribution < 1.29 is 4.74 Å². The van der Waals surface area contributed by atoms with Gasteiger partial charge in [0, 0.05) is 18.5 Å². The molecular weight excluding hydrogens is 262 g/mol. The molecule has 0 aliphatic rings. The molecule has 2 rings (SSSR count). The molecule has 4 heteroatoms. The number of benzene rings is 1. The van der Waals surface area contributed by atoms with Crippen molar-refractivity contribution in [3.05, 3.63) is 58.7 Å². The Labute approximate surface area is 126 Å². The smallest absolute Gasteiger partial charge is 0.162 e. The van der Waals surface area contributed by atoms with E-state index < -0.39 is 0 Å². The molecule has 21 heavy (non-hydrogen) atoms. The SMILES string of the molecule is COC(c1ccccc1)c1nc(C)c(C(C)CN)c(C)n1. The first kappa shape index (κ1) is 15.6. The first-order valence-corrected chi connectivity index (χ1v) is 7.21. The molecule has 0 saturated carbocycles. The minimum atomic E-state index is -0.245. The summed E-state index contributed by atoms with van der Waals surface area (Å²) in [5, 5.41) is 0. The van der Waals surface area contributed by atoms with E-state index in [1.807, 2.05) is 44.2 Å². The van der Waals surface area contributed by atoms with Crippen molar-refractivity contribution in [3.8, 4) is 0 Å². The average Bonchev–Trinajstić information content (AvgIpc) is 2.48. The Bertz CT molecular complexity index is 575. The standard InChI is InChI=1S/C17H23N3O/c1-11(10-18)15-12(2)19-17(20-13(15)3)16(21-4)14-8-6-5-7-9-14/h5-9,11,16H,10,18H2,1-4H3. The summed E-state index contributed by atoms with van der Waals surface area (Å²) in [5.74, 6) is 0.962. The van der Waals surface area contributed by atoms with Crippen LogP contribution in [0, 0.1) is 13.8 Å². The third-order valence-corrected chi connectivity index (χ3v) is 3.76. The number of hydrogen-bond donors (Lipinski definition) is 1. The number of ether oxygens (including phenoxy) is 1. The predicted molar refractivity (Wildman–Crippen MR) is 84.3 cm³/mol. The molecule has 4 nitrogen and oxygen atoms in total. The van der Waals surface area contributed by atoms with Gasteiger partial charge in [0.2, 0.25) is 0 Å². The van der Waals surface area contributed by atoms with E-state index in [9.17, 15) is 0 Å². The molecule has 1 heterocycles. The molecule has 0 fully saturated rings. The van der Waals surface area contributed by atoms with E-state index in [0.717, 1.165) is 22.5 Å². The molecule has 0 radical (unpaired) electrons. The van der Waals surface area contributed by atoms with Crippen molar-refractivity contribution in [2.45, 2.75) is 32.8 Å². The van der Waals surface area contributed by atoms with E-state index in [4.69, 9.17) is 10.5 Å². The summed E-state index contributed by atoms with van der Waals surface area (Å²) in [4.78, 5) is 9.32. The zero-order valence-electron chi connectivity index (χ0n) is 13.1. The van der Waals surface area contributed by atoms with Crippen LogP contribution in [0.4, 0.5) is 0 Å². The lowest BCUT2D eigenvalue weighted by Gasteiger charge is -2.19. The lowest BCUT2D eigenvalue weighted by molar-refractivity contribution is 0.128. The largest absolute Gasteiger partial charge is 0.369 e. The number of methoxy groups -OCH3 is 1. The van der Waals surface area contributed by atoms with Gasteiger partial charge < -0.3 is 10.5 Å². The Kier molecular flexibility index (Phi) is 5.04. The van der Waals surface area contributed by atoms with E-state index in [0.29, 0.717) is 12.4 Å². The highest BCUT2D eigenvalue weighted by Gasteiger charge is 2.20. The Morgan fingerprint density at radius 2 is 1.67 bits per heavy atom. The van der Waals surface area contributed by atoms with Gasteiger partial charge in [0.05, 0.1) is 0 Å². The molecule has 0 amide bonds. The third kappa shape index (κ3) is 3.28. The van der Waals surface area contributed by atoms with Crippen LogP contribution in [-0.4, -0.2) is 23.6 Å². The van der Waals surface area contributed by atoms with Crippen LogP contribution in [0.1, 0.15) is 47.3 Å². The third-order valence-electron chi connectivity index (χ3n) is 3.76. The van der Waals surface area contributed by atoms with Crippen molar-refractivity contribution in [1.82, 2.24) is 9.97 Å². The van der Waals surface area contributed by atoms with Crippen LogP contribution < -0.4 is 5.73 Å². The van der Waals surface area contributed by atoms with Gasteiger partial charge in [-0.2, -0.15) is 0 Å². The van der Waals surface area contributed by atoms with Crippen LogP contribution in [0.5, 0.6) is 0 Å². The van der Waals surface area contributed by atoms with Crippen molar-refractivity contribution in [3.63, 3.8) is 0 Å². The highest BCUT2D eigenvalue weighted by Crippen LogP contribution is 2.26. The molecule has 1 aromatic carbocycles. The fraction of sp³-hybridized carbons (Fsp3) is 0.412. The molecule has 0 bridgehead atoms. The fourth-order valence-electron chi connectivity index (χ4n) is 2.72. The average molecular weight is 285 g/mol. The molecule has 0 spiro atoms. The molecule has 112 valence electrons. The molecule has 0 aliphatic heterocycles. The Morgan fingerprint density at radius 1 is 1.10 bits per heavy atom. The van der Waals surface area contributed by atoms with Crippen molar-refractivity contribution in [2.24, 2.45) is 5.73 Å². The van der Waals surface area contributed by atoms with Gasteiger partial charge in [-0.3, -0.25) is 0 Å². The van der Waals surface area contributed by atoms with Crippen LogP contribution in [0.25, 0.3) is 0 Å². The molecule has 2 aromatic rings. The van der Waals surface area contributed by atoms with Crippen LogP contribution >= 0.6 is 0 Å². The second-order valence-corrected chi connectivity index (χ2v) is 5.33. The van der Waals surface area contributed by atoms with Crippen LogP contribution in [0.15, 0.2) is 30.3 Å². The molecule has 1 aromatic heterocycles. The van der Waals surface area contributed by atoms with Gasteiger partial charge in [-0.15, -0.1) is 0 Å². The molecule has 2 unspecified atom stereocenters. The van der Waals surface area contributed by atoms with E-state index >= 15 is 0 Å². The van der Waals surface area contributed by atoms with E-state index in [1.54, 1.807) is 7.11 Å². The number of rotatable bonds is 5. The summed E-state index contributed by atoms with van der Waals surface area (Å²) in [7, 11) is 1.68. The maximum Gasteiger partial charge on any atom is 0.162 e. The number of aryl methyl sites for hydroxylation is 2. The summed E-state index contributed by atoms with van der Waals surface area (Å²) in [6, 6.07) is 10.0. The minimum Gasteiger partial charge on any atom is -0.369 e. The number of aromatic nitrogens is 2. The minimum absolute atomic E-state index is 0.245. The molecule has 2 N–H and O–H groups in total. The summed E-state index contributed by atoms with van der Waals surface area (Å²) >= 11 is 0. The summed E-state index contributed by atoms with van der Waals surface area (Å²) in [6.07, 6.45) is -0.245. The quantitative estimate of drug-likeness (QED) is 0.917. The van der Waals surface area contributed by atoms with Crippen LogP contribution in [-0.2, 0) is 4.74 Å². The number of hydrogen-bond acceptors (Lipinski definition) is 4. The summed E-state index contributed by atoms with van der Waals surface area (Å²) in [5.41, 5.74) is 9.93. The predicted octanol–water partition coefficient (Wildman–Crippen LogP) is 2.89. The molecule has 2 atom stereocenters.